The van der Waals surface area contributed by atoms with E-state index in [1.807, 2.05) is 22.6 Å². The van der Waals surface area contributed by atoms with Gasteiger partial charge in [0.25, 0.3) is 5.91 Å². The third-order valence-corrected chi connectivity index (χ3v) is 2.48. The Hall–Kier alpha value is -0.710. The molecule has 0 aliphatic rings. The van der Waals surface area contributed by atoms with Crippen molar-refractivity contribution in [3.05, 3.63) is 32.4 Å². The lowest BCUT2D eigenvalue weighted by Crippen LogP contribution is -1.97. The van der Waals surface area contributed by atoms with Crippen molar-refractivity contribution in [3.63, 3.8) is 0 Å². The van der Waals surface area contributed by atoms with E-state index in [2.05, 4.69) is 4.99 Å². The molecule has 66 valence electrons. The maximum Gasteiger partial charge on any atom is 0.288 e. The van der Waals surface area contributed by atoms with Crippen LogP contribution >= 0.6 is 34.2 Å². The zero-order valence-corrected chi connectivity index (χ0v) is 9.17. The highest BCUT2D eigenvalue weighted by Crippen LogP contribution is 2.18. The molecule has 13 heavy (non-hydrogen) atoms. The first kappa shape index (κ1) is 10.4. The number of isocyanates is 1. The Balaban J connectivity index is 3.20. The molecule has 1 aromatic rings. The molecule has 0 atom stereocenters. The molecule has 0 saturated carbocycles. The van der Waals surface area contributed by atoms with Crippen molar-refractivity contribution >= 4 is 46.2 Å². The van der Waals surface area contributed by atoms with Crippen molar-refractivity contribution in [2.24, 2.45) is 4.99 Å². The lowest BCUT2D eigenvalue weighted by Gasteiger charge is -1.98. The smallest absolute Gasteiger partial charge is 0.266 e. The normalized spacial score (nSPS) is 9.08. The minimum Gasteiger partial charge on any atom is -0.266 e. The summed E-state index contributed by atoms with van der Waals surface area (Å²) in [5, 5.41) is 0.435. The van der Waals surface area contributed by atoms with Crippen LogP contribution in [0, 0.1) is 3.57 Å². The summed E-state index contributed by atoms with van der Waals surface area (Å²) >= 11 is 7.63. The van der Waals surface area contributed by atoms with Crippen LogP contribution in [0.5, 0.6) is 0 Å². The quantitative estimate of drug-likeness (QED) is 0.454. The Morgan fingerprint density at radius 1 is 1.54 bits per heavy atom. The molecule has 0 aliphatic heterocycles. The van der Waals surface area contributed by atoms with Gasteiger partial charge in [0.05, 0.1) is 5.56 Å². The standard InChI is InChI=1S/C8H3ClINO2/c9-5-1-2-7(10)6(3-5)8(13)11-4-12/h1-3H. The third-order valence-electron chi connectivity index (χ3n) is 1.31. The predicted molar refractivity (Wildman–Crippen MR) is 56.6 cm³/mol. The fourth-order valence-corrected chi connectivity index (χ4v) is 1.50. The number of hydrogen-bond donors (Lipinski definition) is 0. The molecule has 0 aromatic heterocycles. The van der Waals surface area contributed by atoms with Crippen LogP contribution in [0.2, 0.25) is 5.02 Å². The molecular formula is C8H3ClINO2. The summed E-state index contributed by atoms with van der Waals surface area (Å²) < 4.78 is 0.700. The van der Waals surface area contributed by atoms with Gasteiger partial charge in [-0.05, 0) is 40.8 Å². The van der Waals surface area contributed by atoms with Crippen LogP contribution < -0.4 is 0 Å². The average molecular weight is 307 g/mol. The molecule has 0 bridgehead atoms. The molecule has 3 nitrogen and oxygen atoms in total. The fraction of sp³-hybridized carbons (Fsp3) is 0. The van der Waals surface area contributed by atoms with Gasteiger partial charge in [-0.15, -0.1) is 4.99 Å². The highest BCUT2D eigenvalue weighted by molar-refractivity contribution is 14.1. The summed E-state index contributed by atoms with van der Waals surface area (Å²) in [6.07, 6.45) is 1.19. The van der Waals surface area contributed by atoms with E-state index >= 15 is 0 Å². The van der Waals surface area contributed by atoms with Gasteiger partial charge in [-0.25, -0.2) is 4.79 Å². The summed E-state index contributed by atoms with van der Waals surface area (Å²) in [5.41, 5.74) is 0.316. The Kier molecular flexibility index (Phi) is 3.59. The van der Waals surface area contributed by atoms with Crippen molar-refractivity contribution < 1.29 is 9.59 Å². The summed E-state index contributed by atoms with van der Waals surface area (Å²) in [7, 11) is 0. The number of benzene rings is 1. The molecule has 0 saturated heterocycles. The molecule has 1 amide bonds. The summed E-state index contributed by atoms with van der Waals surface area (Å²) in [4.78, 5) is 24.0. The van der Waals surface area contributed by atoms with E-state index in [1.165, 1.54) is 12.1 Å². The Morgan fingerprint density at radius 2 is 2.23 bits per heavy atom. The first-order chi connectivity index (χ1) is 6.15. The van der Waals surface area contributed by atoms with Crippen LogP contribution in [0.1, 0.15) is 10.4 Å². The van der Waals surface area contributed by atoms with E-state index < -0.39 is 5.91 Å². The van der Waals surface area contributed by atoms with E-state index in [-0.39, 0.29) is 0 Å². The van der Waals surface area contributed by atoms with Gasteiger partial charge in [-0.2, -0.15) is 0 Å². The van der Waals surface area contributed by atoms with Gasteiger partial charge in [0, 0.05) is 8.59 Å². The van der Waals surface area contributed by atoms with Gasteiger partial charge >= 0.3 is 0 Å². The molecule has 0 N–H and O–H groups in total. The van der Waals surface area contributed by atoms with E-state index in [0.29, 0.717) is 14.2 Å². The van der Waals surface area contributed by atoms with E-state index in [9.17, 15) is 9.59 Å². The van der Waals surface area contributed by atoms with Crippen LogP contribution in [-0.4, -0.2) is 12.0 Å². The molecule has 0 spiro atoms. The minimum absolute atomic E-state index is 0.316. The molecular weight excluding hydrogens is 304 g/mol. The fourth-order valence-electron chi connectivity index (χ4n) is 0.763. The SMILES string of the molecule is O=C=NC(=O)c1cc(Cl)ccc1I. The summed E-state index contributed by atoms with van der Waals surface area (Å²) in [6, 6.07) is 4.80. The second-order valence-corrected chi connectivity index (χ2v) is 3.73. The Bertz CT molecular complexity index is 399. The van der Waals surface area contributed by atoms with E-state index in [0.717, 1.165) is 0 Å². The van der Waals surface area contributed by atoms with Crippen molar-refractivity contribution in [3.8, 4) is 0 Å². The highest BCUT2D eigenvalue weighted by Gasteiger charge is 2.08. The molecule has 0 unspecified atom stereocenters. The Morgan fingerprint density at radius 3 is 2.85 bits per heavy atom. The first-order valence-corrected chi connectivity index (χ1v) is 4.68. The monoisotopic (exact) mass is 307 g/mol. The van der Waals surface area contributed by atoms with Crippen LogP contribution in [0.15, 0.2) is 23.2 Å². The summed E-state index contributed by atoms with van der Waals surface area (Å²) in [5.74, 6) is -0.623. The zero-order chi connectivity index (χ0) is 9.84. The van der Waals surface area contributed by atoms with E-state index in [4.69, 9.17) is 11.6 Å². The maximum atomic E-state index is 11.1. The minimum atomic E-state index is -0.623. The number of carbonyl (C=O) groups excluding carboxylic acids is 2. The number of halogens is 2. The number of amides is 1. The molecule has 1 rings (SSSR count). The second-order valence-electron chi connectivity index (χ2n) is 2.13. The van der Waals surface area contributed by atoms with Crippen LogP contribution in [0.25, 0.3) is 0 Å². The van der Waals surface area contributed by atoms with Crippen LogP contribution in [0.3, 0.4) is 0 Å². The maximum absolute atomic E-state index is 11.1. The molecule has 5 heteroatoms. The van der Waals surface area contributed by atoms with Crippen LogP contribution in [0.4, 0.5) is 0 Å². The number of aliphatic imine (C=N–C) groups is 1. The van der Waals surface area contributed by atoms with Gasteiger partial charge in [0.15, 0.2) is 0 Å². The molecule has 0 radical (unpaired) electrons. The Labute approximate surface area is 92.9 Å². The van der Waals surface area contributed by atoms with Gasteiger partial charge in [0.1, 0.15) is 0 Å². The number of hydrogen-bond acceptors (Lipinski definition) is 2. The highest BCUT2D eigenvalue weighted by atomic mass is 127. The van der Waals surface area contributed by atoms with Gasteiger partial charge in [-0.1, -0.05) is 11.6 Å². The molecule has 1 aromatic carbocycles. The average Bonchev–Trinajstić information content (AvgIpc) is 2.09. The molecule has 0 heterocycles. The van der Waals surface area contributed by atoms with Crippen molar-refractivity contribution in [2.75, 3.05) is 0 Å². The lowest BCUT2D eigenvalue weighted by molar-refractivity contribution is 0.100. The molecule has 0 aliphatic carbocycles. The topological polar surface area (TPSA) is 46.5 Å². The van der Waals surface area contributed by atoms with E-state index in [1.54, 1.807) is 12.1 Å². The zero-order valence-electron chi connectivity index (χ0n) is 6.25. The number of rotatable bonds is 1. The largest absolute Gasteiger partial charge is 0.288 e. The number of nitrogens with zero attached hydrogens (tertiary/aromatic N) is 1. The van der Waals surface area contributed by atoms with Gasteiger partial charge < -0.3 is 0 Å². The summed E-state index contributed by atoms with van der Waals surface area (Å²) in [6.45, 7) is 0. The molecule has 0 fully saturated rings. The van der Waals surface area contributed by atoms with Gasteiger partial charge in [-0.3, -0.25) is 4.79 Å². The predicted octanol–water partition coefficient (Wildman–Crippen LogP) is 2.42. The lowest BCUT2D eigenvalue weighted by atomic mass is 10.2. The van der Waals surface area contributed by atoms with Crippen molar-refractivity contribution in [1.29, 1.82) is 0 Å². The van der Waals surface area contributed by atoms with Gasteiger partial charge in [0.2, 0.25) is 6.08 Å². The third kappa shape index (κ3) is 2.62. The second kappa shape index (κ2) is 4.50. The number of carbonyl (C=O) groups is 1. The van der Waals surface area contributed by atoms with Crippen molar-refractivity contribution in [2.45, 2.75) is 0 Å². The first-order valence-electron chi connectivity index (χ1n) is 3.22. The van der Waals surface area contributed by atoms with Crippen LogP contribution in [-0.2, 0) is 4.79 Å². The van der Waals surface area contributed by atoms with Crippen molar-refractivity contribution in [1.82, 2.24) is 0 Å².